The van der Waals surface area contributed by atoms with E-state index in [1.165, 1.54) is 9.80 Å². The Labute approximate surface area is 210 Å². The summed E-state index contributed by atoms with van der Waals surface area (Å²) in [6, 6.07) is 16.2. The SMILES string of the molecule is CC(C)(C)OC(=O)C[C@@H](C=O)N1C(=O)[C@@H](N2C(=O)CO[C@@H]2c2ccccc2)[C@H]1/C=C/c1ccccc1. The zero-order valence-corrected chi connectivity index (χ0v) is 20.6. The second kappa shape index (κ2) is 10.5. The Morgan fingerprint density at radius 2 is 1.72 bits per heavy atom. The summed E-state index contributed by atoms with van der Waals surface area (Å²) in [5, 5.41) is 0. The highest BCUT2D eigenvalue weighted by molar-refractivity contribution is 5.97. The predicted molar refractivity (Wildman–Crippen MR) is 132 cm³/mol. The van der Waals surface area contributed by atoms with E-state index in [9.17, 15) is 19.2 Å². The molecule has 2 amide bonds. The number of amides is 2. The van der Waals surface area contributed by atoms with Gasteiger partial charge in [-0.1, -0.05) is 72.8 Å². The van der Waals surface area contributed by atoms with Gasteiger partial charge in [0.25, 0.3) is 5.91 Å². The van der Waals surface area contributed by atoms with E-state index in [0.717, 1.165) is 11.1 Å². The number of carbonyl (C=O) groups excluding carboxylic acids is 4. The highest BCUT2D eigenvalue weighted by atomic mass is 16.6. The van der Waals surface area contributed by atoms with Crippen LogP contribution in [-0.2, 0) is 28.7 Å². The second-order valence-corrected chi connectivity index (χ2v) is 9.82. The molecule has 0 N–H and O–H groups in total. The molecular formula is C28H30N2O6. The van der Waals surface area contributed by atoms with Crippen molar-refractivity contribution in [1.29, 1.82) is 0 Å². The minimum absolute atomic E-state index is 0.145. The summed E-state index contributed by atoms with van der Waals surface area (Å²) in [6.45, 7) is 5.06. The first-order valence-electron chi connectivity index (χ1n) is 11.9. The Bertz CT molecular complexity index is 1140. The highest BCUT2D eigenvalue weighted by Crippen LogP contribution is 2.38. The Hall–Kier alpha value is -3.78. The first-order valence-corrected chi connectivity index (χ1v) is 11.9. The van der Waals surface area contributed by atoms with E-state index >= 15 is 0 Å². The fourth-order valence-corrected chi connectivity index (χ4v) is 4.53. The van der Waals surface area contributed by atoms with Gasteiger partial charge in [0.15, 0.2) is 6.23 Å². The number of aldehydes is 1. The van der Waals surface area contributed by atoms with Crippen LogP contribution in [0.15, 0.2) is 66.7 Å². The number of ether oxygens (including phenoxy) is 2. The van der Waals surface area contributed by atoms with Gasteiger partial charge < -0.3 is 19.2 Å². The minimum Gasteiger partial charge on any atom is -0.460 e. The highest BCUT2D eigenvalue weighted by Gasteiger charge is 2.56. The van der Waals surface area contributed by atoms with Gasteiger partial charge in [0, 0.05) is 5.56 Å². The van der Waals surface area contributed by atoms with Gasteiger partial charge in [-0.15, -0.1) is 0 Å². The lowest BCUT2D eigenvalue weighted by Gasteiger charge is -2.52. The summed E-state index contributed by atoms with van der Waals surface area (Å²) in [4.78, 5) is 53.7. The van der Waals surface area contributed by atoms with E-state index in [1.54, 1.807) is 26.8 Å². The van der Waals surface area contributed by atoms with E-state index < -0.39 is 41.8 Å². The molecule has 36 heavy (non-hydrogen) atoms. The number of β-lactam (4-membered cyclic amide) rings is 1. The molecule has 0 spiro atoms. The van der Waals surface area contributed by atoms with Crippen molar-refractivity contribution in [3.8, 4) is 0 Å². The van der Waals surface area contributed by atoms with Crippen LogP contribution in [0.2, 0.25) is 0 Å². The molecule has 0 aromatic heterocycles. The molecule has 0 unspecified atom stereocenters. The van der Waals surface area contributed by atoms with Gasteiger partial charge in [0.05, 0.1) is 18.5 Å². The molecule has 0 aliphatic carbocycles. The largest absolute Gasteiger partial charge is 0.460 e. The number of hydrogen-bond acceptors (Lipinski definition) is 6. The number of carbonyl (C=O) groups is 4. The molecule has 2 saturated heterocycles. The third kappa shape index (κ3) is 5.39. The normalized spacial score (nSPS) is 23.0. The standard InChI is InChI=1S/C28H30N2O6/c1-28(2,3)36-24(33)16-21(17-31)29-22(15-14-19-10-6-4-7-11-19)25(26(29)34)30-23(32)18-35-27(30)20-12-8-5-9-13-20/h4-15,17,21-22,25,27H,16,18H2,1-3H3/b15-14+/t21-,22+,25-,27+/m0/s1. The van der Waals surface area contributed by atoms with Crippen molar-refractivity contribution in [1.82, 2.24) is 9.80 Å². The summed E-state index contributed by atoms with van der Waals surface area (Å²) in [7, 11) is 0. The Balaban J connectivity index is 1.64. The average molecular weight is 491 g/mol. The fourth-order valence-electron chi connectivity index (χ4n) is 4.53. The zero-order valence-electron chi connectivity index (χ0n) is 20.6. The number of likely N-dealkylation sites (tertiary alicyclic amines) is 1. The van der Waals surface area contributed by atoms with Crippen molar-refractivity contribution >= 4 is 30.1 Å². The van der Waals surface area contributed by atoms with Gasteiger partial charge in [-0.2, -0.15) is 0 Å². The van der Waals surface area contributed by atoms with Crippen molar-refractivity contribution in [3.05, 3.63) is 77.9 Å². The minimum atomic E-state index is -1.03. The lowest BCUT2D eigenvalue weighted by Crippen LogP contribution is -2.73. The van der Waals surface area contributed by atoms with Gasteiger partial charge in [0.1, 0.15) is 24.5 Å². The van der Waals surface area contributed by atoms with E-state index in [1.807, 2.05) is 66.7 Å². The number of hydrogen-bond donors (Lipinski definition) is 0. The number of esters is 1. The monoisotopic (exact) mass is 490 g/mol. The smallest absolute Gasteiger partial charge is 0.308 e. The van der Waals surface area contributed by atoms with Crippen LogP contribution in [0.3, 0.4) is 0 Å². The maximum absolute atomic E-state index is 13.5. The van der Waals surface area contributed by atoms with Crippen molar-refractivity contribution in [3.63, 3.8) is 0 Å². The van der Waals surface area contributed by atoms with Crippen LogP contribution in [-0.4, -0.2) is 64.2 Å². The molecule has 4 rings (SSSR count). The summed E-state index contributed by atoms with van der Waals surface area (Å²) in [5.74, 6) is -1.31. The van der Waals surface area contributed by atoms with Gasteiger partial charge in [-0.3, -0.25) is 19.3 Å². The van der Waals surface area contributed by atoms with Crippen LogP contribution in [0.1, 0.15) is 44.5 Å². The Kier molecular flexibility index (Phi) is 7.35. The van der Waals surface area contributed by atoms with Crippen molar-refractivity contribution in [2.45, 2.75) is 57.1 Å². The predicted octanol–water partition coefficient (Wildman–Crippen LogP) is 3.14. The van der Waals surface area contributed by atoms with Crippen molar-refractivity contribution in [2.24, 2.45) is 0 Å². The number of rotatable bonds is 8. The summed E-state index contributed by atoms with van der Waals surface area (Å²) in [5.41, 5.74) is 0.927. The van der Waals surface area contributed by atoms with E-state index in [0.29, 0.717) is 6.29 Å². The van der Waals surface area contributed by atoms with E-state index in [4.69, 9.17) is 9.47 Å². The quantitative estimate of drug-likeness (QED) is 0.321. The van der Waals surface area contributed by atoms with Gasteiger partial charge >= 0.3 is 5.97 Å². The molecule has 8 nitrogen and oxygen atoms in total. The molecule has 2 aromatic rings. The third-order valence-corrected chi connectivity index (χ3v) is 6.04. The summed E-state index contributed by atoms with van der Waals surface area (Å²) < 4.78 is 11.1. The summed E-state index contributed by atoms with van der Waals surface area (Å²) in [6.07, 6.45) is 3.22. The van der Waals surface area contributed by atoms with E-state index in [-0.39, 0.29) is 18.9 Å². The van der Waals surface area contributed by atoms with E-state index in [2.05, 4.69) is 0 Å². The molecule has 0 saturated carbocycles. The number of benzene rings is 2. The topological polar surface area (TPSA) is 93.2 Å². The molecule has 2 fully saturated rings. The second-order valence-electron chi connectivity index (χ2n) is 9.82. The first-order chi connectivity index (χ1) is 17.2. The van der Waals surface area contributed by atoms with Gasteiger partial charge in [-0.25, -0.2) is 0 Å². The molecule has 188 valence electrons. The van der Waals surface area contributed by atoms with Crippen LogP contribution >= 0.6 is 0 Å². The molecule has 2 aromatic carbocycles. The van der Waals surface area contributed by atoms with Crippen LogP contribution in [0, 0.1) is 0 Å². The van der Waals surface area contributed by atoms with Crippen LogP contribution < -0.4 is 0 Å². The van der Waals surface area contributed by atoms with Gasteiger partial charge in [-0.05, 0) is 26.3 Å². The Morgan fingerprint density at radius 3 is 2.33 bits per heavy atom. The third-order valence-electron chi connectivity index (χ3n) is 6.04. The number of nitrogens with zero attached hydrogens (tertiary/aromatic N) is 2. The fraction of sp³-hybridized carbons (Fsp3) is 0.357. The molecule has 2 heterocycles. The molecule has 0 radical (unpaired) electrons. The lowest BCUT2D eigenvalue weighted by molar-refractivity contribution is -0.172. The molecule has 0 bridgehead atoms. The van der Waals surface area contributed by atoms with Crippen LogP contribution in [0.5, 0.6) is 0 Å². The van der Waals surface area contributed by atoms with Crippen LogP contribution in [0.25, 0.3) is 6.08 Å². The first kappa shape index (κ1) is 25.3. The summed E-state index contributed by atoms with van der Waals surface area (Å²) >= 11 is 0. The lowest BCUT2D eigenvalue weighted by atomic mass is 9.88. The molecule has 4 atom stereocenters. The molecule has 2 aliphatic heterocycles. The van der Waals surface area contributed by atoms with Crippen molar-refractivity contribution < 1.29 is 28.7 Å². The molecule has 2 aliphatic rings. The Morgan fingerprint density at radius 1 is 1.08 bits per heavy atom. The molecule has 8 heteroatoms. The molecular weight excluding hydrogens is 460 g/mol. The maximum Gasteiger partial charge on any atom is 0.308 e. The van der Waals surface area contributed by atoms with Crippen molar-refractivity contribution in [2.75, 3.05) is 6.61 Å². The zero-order chi connectivity index (χ0) is 25.9. The maximum atomic E-state index is 13.5. The van der Waals surface area contributed by atoms with Gasteiger partial charge in [0.2, 0.25) is 5.91 Å². The average Bonchev–Trinajstić information content (AvgIpc) is 3.21. The van der Waals surface area contributed by atoms with Crippen LogP contribution in [0.4, 0.5) is 0 Å².